The minimum atomic E-state index is -0.481. The second kappa shape index (κ2) is 4.91. The molecule has 0 N–H and O–H groups in total. The molecule has 0 spiro atoms. The van der Waals surface area contributed by atoms with Crippen molar-refractivity contribution in [3.63, 3.8) is 0 Å². The fourth-order valence-electron chi connectivity index (χ4n) is 1.18. The molecule has 0 unspecified atom stereocenters. The van der Waals surface area contributed by atoms with Gasteiger partial charge in [0.2, 0.25) is 0 Å². The van der Waals surface area contributed by atoms with Crippen molar-refractivity contribution < 1.29 is 4.92 Å². The third kappa shape index (κ3) is 2.64. The van der Waals surface area contributed by atoms with Gasteiger partial charge in [0.25, 0.3) is 0 Å². The Kier molecular flexibility index (Phi) is 3.57. The first-order valence-electron chi connectivity index (χ1n) is 4.33. The Bertz CT molecular complexity index is 399. The molecule has 0 aliphatic carbocycles. The monoisotopic (exact) mass is 206 g/mol. The predicted molar refractivity (Wildman–Crippen MR) is 54.4 cm³/mol. The van der Waals surface area contributed by atoms with Crippen LogP contribution >= 0.6 is 0 Å². The zero-order valence-corrected chi connectivity index (χ0v) is 8.25. The van der Waals surface area contributed by atoms with E-state index in [9.17, 15) is 10.1 Å². The molecule has 0 amide bonds. The Labute approximate surface area is 86.9 Å². The predicted octanol–water partition coefficient (Wildman–Crippen LogP) is 1.34. The summed E-state index contributed by atoms with van der Waals surface area (Å²) in [5.41, 5.74) is 0.434. The molecule has 0 saturated heterocycles. The highest BCUT2D eigenvalue weighted by molar-refractivity contribution is 5.61. The van der Waals surface area contributed by atoms with Gasteiger partial charge in [-0.1, -0.05) is 0 Å². The van der Waals surface area contributed by atoms with Crippen LogP contribution in [0.2, 0.25) is 0 Å². The first kappa shape index (κ1) is 10.9. The van der Waals surface area contributed by atoms with E-state index < -0.39 is 4.92 Å². The van der Waals surface area contributed by atoms with Crippen LogP contribution in [0.1, 0.15) is 6.42 Å². The van der Waals surface area contributed by atoms with E-state index in [1.807, 2.05) is 6.07 Å². The number of nitriles is 1. The van der Waals surface area contributed by atoms with Crippen LogP contribution in [0.25, 0.3) is 0 Å². The molecule has 6 nitrogen and oxygen atoms in total. The first-order valence-corrected chi connectivity index (χ1v) is 4.33. The quantitative estimate of drug-likeness (QED) is 0.548. The average Bonchev–Trinajstić information content (AvgIpc) is 2.25. The van der Waals surface area contributed by atoms with Gasteiger partial charge in [0.05, 0.1) is 17.4 Å². The summed E-state index contributed by atoms with van der Waals surface area (Å²) < 4.78 is 0. The average molecular weight is 206 g/mol. The molecule has 15 heavy (non-hydrogen) atoms. The molecular weight excluding hydrogens is 196 g/mol. The molecule has 0 aromatic carbocycles. The molecule has 1 aromatic heterocycles. The lowest BCUT2D eigenvalue weighted by Gasteiger charge is -2.16. The number of anilines is 1. The van der Waals surface area contributed by atoms with E-state index in [2.05, 4.69) is 4.98 Å². The van der Waals surface area contributed by atoms with Gasteiger partial charge in [0, 0.05) is 19.8 Å². The van der Waals surface area contributed by atoms with Gasteiger partial charge in [-0.3, -0.25) is 15.1 Å². The number of rotatable bonds is 4. The summed E-state index contributed by atoms with van der Waals surface area (Å²) >= 11 is 0. The maximum absolute atomic E-state index is 10.7. The number of nitrogens with zero attached hydrogens (tertiary/aromatic N) is 4. The SMILES string of the molecule is CN(CCC#N)c1ccncc1[N+](=O)[O-]. The van der Waals surface area contributed by atoms with E-state index >= 15 is 0 Å². The van der Waals surface area contributed by atoms with Crippen molar-refractivity contribution in [1.82, 2.24) is 4.98 Å². The van der Waals surface area contributed by atoms with Crippen LogP contribution in [0.4, 0.5) is 11.4 Å². The van der Waals surface area contributed by atoms with Crippen molar-refractivity contribution in [2.75, 3.05) is 18.5 Å². The lowest BCUT2D eigenvalue weighted by atomic mass is 10.3. The van der Waals surface area contributed by atoms with Gasteiger partial charge in [-0.15, -0.1) is 0 Å². The molecule has 1 aromatic rings. The van der Waals surface area contributed by atoms with Crippen molar-refractivity contribution in [2.45, 2.75) is 6.42 Å². The molecule has 0 radical (unpaired) electrons. The standard InChI is InChI=1S/C9H10N4O2/c1-12(6-2-4-10)8-3-5-11-7-9(8)13(14)15/h3,5,7H,2,6H2,1H3. The number of pyridine rings is 1. The van der Waals surface area contributed by atoms with Crippen LogP contribution < -0.4 is 4.90 Å². The van der Waals surface area contributed by atoms with Crippen LogP contribution in [-0.2, 0) is 0 Å². The molecule has 6 heteroatoms. The number of hydrogen-bond acceptors (Lipinski definition) is 5. The van der Waals surface area contributed by atoms with Crippen molar-refractivity contribution >= 4 is 11.4 Å². The maximum Gasteiger partial charge on any atom is 0.310 e. The van der Waals surface area contributed by atoms with Crippen molar-refractivity contribution in [3.8, 4) is 6.07 Å². The zero-order chi connectivity index (χ0) is 11.3. The first-order chi connectivity index (χ1) is 7.16. The largest absolute Gasteiger partial charge is 0.368 e. The molecule has 0 bridgehead atoms. The summed E-state index contributed by atoms with van der Waals surface area (Å²) in [4.78, 5) is 15.6. The lowest BCUT2D eigenvalue weighted by Crippen LogP contribution is -2.19. The second-order valence-electron chi connectivity index (χ2n) is 2.95. The van der Waals surface area contributed by atoms with Gasteiger partial charge >= 0.3 is 5.69 Å². The van der Waals surface area contributed by atoms with E-state index in [1.165, 1.54) is 12.4 Å². The van der Waals surface area contributed by atoms with E-state index in [-0.39, 0.29) is 5.69 Å². The van der Waals surface area contributed by atoms with E-state index in [1.54, 1.807) is 18.0 Å². The van der Waals surface area contributed by atoms with Crippen molar-refractivity contribution in [3.05, 3.63) is 28.6 Å². The summed E-state index contributed by atoms with van der Waals surface area (Å²) in [6, 6.07) is 3.55. The third-order valence-electron chi connectivity index (χ3n) is 1.94. The Morgan fingerprint density at radius 3 is 3.07 bits per heavy atom. The highest BCUT2D eigenvalue weighted by Crippen LogP contribution is 2.25. The molecule has 0 fully saturated rings. The van der Waals surface area contributed by atoms with Crippen LogP contribution in [0.15, 0.2) is 18.5 Å². The number of aromatic nitrogens is 1. The fraction of sp³-hybridized carbons (Fsp3) is 0.333. The van der Waals surface area contributed by atoms with E-state index in [0.717, 1.165) is 0 Å². The molecule has 0 saturated carbocycles. The topological polar surface area (TPSA) is 83.1 Å². The molecule has 78 valence electrons. The Morgan fingerprint density at radius 1 is 1.73 bits per heavy atom. The number of hydrogen-bond donors (Lipinski definition) is 0. The van der Waals surface area contributed by atoms with Gasteiger partial charge in [0.15, 0.2) is 0 Å². The van der Waals surface area contributed by atoms with E-state index in [4.69, 9.17) is 5.26 Å². The summed E-state index contributed by atoms with van der Waals surface area (Å²) in [5.74, 6) is 0. The zero-order valence-electron chi connectivity index (χ0n) is 8.25. The molecule has 1 heterocycles. The van der Waals surface area contributed by atoms with Crippen LogP contribution in [0, 0.1) is 21.4 Å². The van der Waals surface area contributed by atoms with E-state index in [0.29, 0.717) is 18.7 Å². The van der Waals surface area contributed by atoms with Crippen molar-refractivity contribution in [1.29, 1.82) is 5.26 Å². The third-order valence-corrected chi connectivity index (χ3v) is 1.94. The highest BCUT2D eigenvalue weighted by Gasteiger charge is 2.16. The van der Waals surface area contributed by atoms with Crippen LogP contribution in [-0.4, -0.2) is 23.5 Å². The molecule has 1 rings (SSSR count). The van der Waals surface area contributed by atoms with Gasteiger partial charge in [0.1, 0.15) is 11.9 Å². The summed E-state index contributed by atoms with van der Waals surface area (Å²) in [6.45, 7) is 0.460. The summed E-state index contributed by atoms with van der Waals surface area (Å²) in [7, 11) is 1.71. The summed E-state index contributed by atoms with van der Waals surface area (Å²) in [6.07, 6.45) is 3.03. The summed E-state index contributed by atoms with van der Waals surface area (Å²) in [5, 5.41) is 19.1. The normalized spacial score (nSPS) is 9.33. The molecule has 0 aliphatic heterocycles. The Morgan fingerprint density at radius 2 is 2.47 bits per heavy atom. The minimum Gasteiger partial charge on any atom is -0.368 e. The van der Waals surface area contributed by atoms with Crippen LogP contribution in [0.5, 0.6) is 0 Å². The Hall–Kier alpha value is -2.16. The smallest absolute Gasteiger partial charge is 0.310 e. The molecule has 0 atom stereocenters. The Balaban J connectivity index is 2.93. The molecular formula is C9H10N4O2. The number of nitro groups is 1. The van der Waals surface area contributed by atoms with Crippen molar-refractivity contribution in [2.24, 2.45) is 0 Å². The highest BCUT2D eigenvalue weighted by atomic mass is 16.6. The van der Waals surface area contributed by atoms with Gasteiger partial charge in [-0.05, 0) is 6.07 Å². The van der Waals surface area contributed by atoms with Gasteiger partial charge in [-0.2, -0.15) is 5.26 Å². The van der Waals surface area contributed by atoms with Gasteiger partial charge in [-0.25, -0.2) is 0 Å². The lowest BCUT2D eigenvalue weighted by molar-refractivity contribution is -0.384. The maximum atomic E-state index is 10.7. The van der Waals surface area contributed by atoms with Crippen LogP contribution in [0.3, 0.4) is 0 Å². The fourth-order valence-corrected chi connectivity index (χ4v) is 1.18. The second-order valence-corrected chi connectivity index (χ2v) is 2.95. The molecule has 0 aliphatic rings. The van der Waals surface area contributed by atoms with Gasteiger partial charge < -0.3 is 4.90 Å². The minimum absolute atomic E-state index is 0.0436.